The summed E-state index contributed by atoms with van der Waals surface area (Å²) in [7, 11) is 0. The number of esters is 1. The number of hydrogen-bond donors (Lipinski definition) is 7. The molecule has 14 nitrogen and oxygen atoms in total. The molecule has 11 atom stereocenters. The standard InChI is InChI=1S/C57H110O14/c1-3-5-7-9-11-13-15-17-18-19-20-21-22-23-24-25-26-27-29-31-33-35-37-39-41-66-43-46(69-49(59)40-38-36-34-32-30-28-16-14-12-10-8-6-4-2)44-67-56-55(65)53(63)51(61)48(71-56)45-68-57-54(64)52(62)50(60)47(42-58)70-57/h46-48,50-58,60-65H,3-45H2,1-2H3. The smallest absolute Gasteiger partial charge is 0.306 e. The minimum Gasteiger partial charge on any atom is -0.457 e. The van der Waals surface area contributed by atoms with Crippen molar-refractivity contribution in [3.8, 4) is 0 Å². The van der Waals surface area contributed by atoms with Gasteiger partial charge in [-0.05, 0) is 12.8 Å². The lowest BCUT2D eigenvalue weighted by Crippen LogP contribution is -2.61. The van der Waals surface area contributed by atoms with Crippen molar-refractivity contribution in [1.82, 2.24) is 0 Å². The molecule has 0 radical (unpaired) electrons. The lowest BCUT2D eigenvalue weighted by molar-refractivity contribution is -0.332. The zero-order chi connectivity index (χ0) is 51.6. The highest BCUT2D eigenvalue weighted by molar-refractivity contribution is 5.69. The first-order valence-corrected chi connectivity index (χ1v) is 29.6. The van der Waals surface area contributed by atoms with Gasteiger partial charge in [0.05, 0.1) is 26.4 Å². The SMILES string of the molecule is CCCCCCCCCCCCCCCCCCCCCCCCCCOCC(COC1OC(COC2OC(CO)C(O)C(O)C2O)C(O)C(O)C1O)OC(=O)CCCCCCCCCCCCCCC. The summed E-state index contributed by atoms with van der Waals surface area (Å²) in [5.74, 6) is -0.369. The molecule has 2 aliphatic rings. The van der Waals surface area contributed by atoms with Gasteiger partial charge in [0.1, 0.15) is 54.9 Å². The van der Waals surface area contributed by atoms with E-state index in [0.29, 0.717) is 6.61 Å². The van der Waals surface area contributed by atoms with Crippen LogP contribution in [-0.4, -0.2) is 142 Å². The van der Waals surface area contributed by atoms with Crippen molar-refractivity contribution in [2.45, 2.75) is 325 Å². The number of carbonyl (C=O) groups is 1. The molecule has 14 heteroatoms. The summed E-state index contributed by atoms with van der Waals surface area (Å²) in [4.78, 5) is 13.0. The molecule has 2 saturated heterocycles. The van der Waals surface area contributed by atoms with E-state index in [1.165, 1.54) is 193 Å². The Morgan fingerprint density at radius 1 is 0.408 bits per heavy atom. The van der Waals surface area contributed by atoms with E-state index >= 15 is 0 Å². The van der Waals surface area contributed by atoms with E-state index < -0.39 is 80.7 Å². The number of aliphatic hydroxyl groups excluding tert-OH is 7. The Kier molecular flexibility index (Phi) is 42.1. The van der Waals surface area contributed by atoms with Crippen LogP contribution in [0.4, 0.5) is 0 Å². The summed E-state index contributed by atoms with van der Waals surface area (Å²) < 4.78 is 34.4. The van der Waals surface area contributed by atoms with Gasteiger partial charge in [-0.3, -0.25) is 4.79 Å². The molecule has 2 aliphatic heterocycles. The van der Waals surface area contributed by atoms with Crippen LogP contribution in [0.5, 0.6) is 0 Å². The Hall–Kier alpha value is -1.01. The van der Waals surface area contributed by atoms with Crippen molar-refractivity contribution in [1.29, 1.82) is 0 Å². The molecular formula is C57H110O14. The topological polar surface area (TPSA) is 214 Å². The van der Waals surface area contributed by atoms with E-state index in [9.17, 15) is 40.5 Å². The number of carbonyl (C=O) groups excluding carboxylic acids is 1. The van der Waals surface area contributed by atoms with Crippen molar-refractivity contribution in [2.24, 2.45) is 0 Å². The van der Waals surface area contributed by atoms with Crippen LogP contribution in [0.2, 0.25) is 0 Å². The molecule has 2 rings (SSSR count). The lowest BCUT2D eigenvalue weighted by Gasteiger charge is -2.42. The van der Waals surface area contributed by atoms with Gasteiger partial charge in [-0.1, -0.05) is 239 Å². The zero-order valence-corrected chi connectivity index (χ0v) is 45.2. The molecule has 2 fully saturated rings. The highest BCUT2D eigenvalue weighted by atomic mass is 16.7. The lowest BCUT2D eigenvalue weighted by atomic mass is 9.98. The van der Waals surface area contributed by atoms with Crippen LogP contribution in [0.25, 0.3) is 0 Å². The van der Waals surface area contributed by atoms with Crippen LogP contribution >= 0.6 is 0 Å². The van der Waals surface area contributed by atoms with Gasteiger partial charge in [-0.15, -0.1) is 0 Å². The molecule has 422 valence electrons. The molecule has 0 aliphatic carbocycles. The number of rotatable bonds is 49. The first-order chi connectivity index (χ1) is 34.6. The molecule has 11 unspecified atom stereocenters. The van der Waals surface area contributed by atoms with E-state index in [1.54, 1.807) is 0 Å². The van der Waals surface area contributed by atoms with Gasteiger partial charge in [0.25, 0.3) is 0 Å². The van der Waals surface area contributed by atoms with E-state index in [2.05, 4.69) is 13.8 Å². The summed E-state index contributed by atoms with van der Waals surface area (Å²) >= 11 is 0. The van der Waals surface area contributed by atoms with Crippen LogP contribution in [0.1, 0.15) is 258 Å². The van der Waals surface area contributed by atoms with E-state index in [4.69, 9.17) is 28.4 Å². The maximum absolute atomic E-state index is 13.0. The molecule has 0 aromatic rings. The monoisotopic (exact) mass is 1020 g/mol. The van der Waals surface area contributed by atoms with Gasteiger partial charge < -0.3 is 64.2 Å². The van der Waals surface area contributed by atoms with Crippen molar-refractivity contribution in [3.05, 3.63) is 0 Å². The Labute approximate surface area is 432 Å². The van der Waals surface area contributed by atoms with Gasteiger partial charge in [0, 0.05) is 13.0 Å². The number of aliphatic hydroxyl groups is 7. The molecule has 0 aromatic carbocycles. The Morgan fingerprint density at radius 3 is 1.14 bits per heavy atom. The number of hydrogen-bond acceptors (Lipinski definition) is 14. The summed E-state index contributed by atoms with van der Waals surface area (Å²) in [6.07, 6.45) is 31.8. The maximum Gasteiger partial charge on any atom is 0.306 e. The molecule has 0 bridgehead atoms. The van der Waals surface area contributed by atoms with E-state index in [0.717, 1.165) is 44.9 Å². The maximum atomic E-state index is 13.0. The third-order valence-electron chi connectivity index (χ3n) is 14.6. The number of unbranched alkanes of at least 4 members (excludes halogenated alkanes) is 35. The fourth-order valence-corrected chi connectivity index (χ4v) is 9.82. The van der Waals surface area contributed by atoms with Crippen LogP contribution in [0, 0.1) is 0 Å². The molecule has 0 amide bonds. The molecule has 0 spiro atoms. The second kappa shape index (κ2) is 45.2. The molecule has 71 heavy (non-hydrogen) atoms. The summed E-state index contributed by atoms with van der Waals surface area (Å²) in [5.41, 5.74) is 0. The van der Waals surface area contributed by atoms with Gasteiger partial charge in [0.15, 0.2) is 12.6 Å². The quantitative estimate of drug-likeness (QED) is 0.0223. The first kappa shape index (κ1) is 66.1. The summed E-state index contributed by atoms with van der Waals surface area (Å²) in [5, 5.41) is 72.3. The second-order valence-electron chi connectivity index (χ2n) is 21.2. The molecule has 7 N–H and O–H groups in total. The zero-order valence-electron chi connectivity index (χ0n) is 45.2. The molecule has 2 heterocycles. The molecule has 0 aromatic heterocycles. The van der Waals surface area contributed by atoms with Gasteiger partial charge in [-0.2, -0.15) is 0 Å². The average Bonchev–Trinajstić information content (AvgIpc) is 3.37. The van der Waals surface area contributed by atoms with E-state index in [1.807, 2.05) is 0 Å². The third-order valence-corrected chi connectivity index (χ3v) is 14.6. The van der Waals surface area contributed by atoms with Crippen LogP contribution < -0.4 is 0 Å². The van der Waals surface area contributed by atoms with Crippen molar-refractivity contribution < 1.29 is 69.0 Å². The van der Waals surface area contributed by atoms with Gasteiger partial charge >= 0.3 is 5.97 Å². The average molecular weight is 1020 g/mol. The Balaban J connectivity index is 1.66. The Bertz CT molecular complexity index is 1180. The number of ether oxygens (including phenoxy) is 6. The first-order valence-electron chi connectivity index (χ1n) is 29.6. The summed E-state index contributed by atoms with van der Waals surface area (Å²) in [6.45, 7) is 3.75. The minimum absolute atomic E-state index is 0.0708. The Morgan fingerprint density at radius 2 is 0.746 bits per heavy atom. The second-order valence-corrected chi connectivity index (χ2v) is 21.2. The minimum atomic E-state index is -1.70. The predicted octanol–water partition coefficient (Wildman–Crippen LogP) is 10.4. The third kappa shape index (κ3) is 32.2. The largest absolute Gasteiger partial charge is 0.457 e. The van der Waals surface area contributed by atoms with Crippen LogP contribution in [0.3, 0.4) is 0 Å². The van der Waals surface area contributed by atoms with Crippen molar-refractivity contribution in [3.63, 3.8) is 0 Å². The van der Waals surface area contributed by atoms with Crippen molar-refractivity contribution in [2.75, 3.05) is 33.0 Å². The molecule has 0 saturated carbocycles. The fourth-order valence-electron chi connectivity index (χ4n) is 9.82. The van der Waals surface area contributed by atoms with Crippen molar-refractivity contribution >= 4 is 5.97 Å². The van der Waals surface area contributed by atoms with E-state index in [-0.39, 0.29) is 25.6 Å². The van der Waals surface area contributed by atoms with Gasteiger partial charge in [-0.25, -0.2) is 0 Å². The van der Waals surface area contributed by atoms with Gasteiger partial charge in [0.2, 0.25) is 0 Å². The van der Waals surface area contributed by atoms with Crippen LogP contribution in [0.15, 0.2) is 0 Å². The van der Waals surface area contributed by atoms with Crippen LogP contribution in [-0.2, 0) is 33.2 Å². The molecular weight excluding hydrogens is 909 g/mol. The normalized spacial score (nSPS) is 25.2. The highest BCUT2D eigenvalue weighted by Crippen LogP contribution is 2.27. The fraction of sp³-hybridized carbons (Fsp3) is 0.982. The summed E-state index contributed by atoms with van der Waals surface area (Å²) in [6, 6.07) is 0. The highest BCUT2D eigenvalue weighted by Gasteiger charge is 2.47. The predicted molar refractivity (Wildman–Crippen MR) is 280 cm³/mol.